The van der Waals surface area contributed by atoms with E-state index in [1.54, 1.807) is 43.6 Å². The van der Waals surface area contributed by atoms with Gasteiger partial charge in [0.2, 0.25) is 0 Å². The minimum absolute atomic E-state index is 0.276. The van der Waals surface area contributed by atoms with Gasteiger partial charge in [0.15, 0.2) is 24.0 Å². The van der Waals surface area contributed by atoms with Gasteiger partial charge >= 0.3 is 0 Å². The van der Waals surface area contributed by atoms with E-state index in [9.17, 15) is 14.4 Å². The van der Waals surface area contributed by atoms with Crippen molar-refractivity contribution in [3.8, 4) is 0 Å². The van der Waals surface area contributed by atoms with Gasteiger partial charge in [-0.15, -0.1) is 5.10 Å². The Labute approximate surface area is 172 Å². The van der Waals surface area contributed by atoms with Crippen LogP contribution in [0.3, 0.4) is 0 Å². The number of aromatic nitrogens is 3. The van der Waals surface area contributed by atoms with Gasteiger partial charge in [-0.05, 0) is 36.4 Å². The summed E-state index contributed by atoms with van der Waals surface area (Å²) in [5.41, 5.74) is 3.22. The summed E-state index contributed by atoms with van der Waals surface area (Å²) in [5.74, 6) is 0.373. The van der Waals surface area contributed by atoms with Crippen molar-refractivity contribution in [2.75, 3.05) is 29.6 Å². The van der Waals surface area contributed by atoms with Gasteiger partial charge < -0.3 is 15.5 Å². The molecule has 0 unspecified atom stereocenters. The molecule has 0 atom stereocenters. The third-order valence-electron chi connectivity index (χ3n) is 4.31. The van der Waals surface area contributed by atoms with E-state index in [1.165, 1.54) is 10.7 Å². The monoisotopic (exact) mass is 404 g/mol. The standard InChI is InChI=1S/C21H20N6O3/c1-22-19-10-20(25-27-18(14-30)11-23-21(19)27)24-16(13-29)4-3-9-26(2)17-7-5-15(12-28)6-8-17/h3-14,22H,1-2H3,(H,24,25)/b9-3-,16-4+. The summed E-state index contributed by atoms with van der Waals surface area (Å²) in [4.78, 5) is 39.4. The molecule has 0 aliphatic rings. The van der Waals surface area contributed by atoms with Crippen LogP contribution >= 0.6 is 0 Å². The first-order chi connectivity index (χ1) is 14.6. The third-order valence-corrected chi connectivity index (χ3v) is 4.31. The van der Waals surface area contributed by atoms with Crippen molar-refractivity contribution in [1.82, 2.24) is 14.6 Å². The molecule has 0 fully saturated rings. The molecule has 0 saturated carbocycles. The zero-order chi connectivity index (χ0) is 21.5. The molecule has 0 saturated heterocycles. The Bertz CT molecular complexity index is 1130. The molecule has 0 radical (unpaired) electrons. The van der Waals surface area contributed by atoms with E-state index in [4.69, 9.17) is 0 Å². The van der Waals surface area contributed by atoms with E-state index in [2.05, 4.69) is 20.7 Å². The molecule has 0 bridgehead atoms. The summed E-state index contributed by atoms with van der Waals surface area (Å²) in [6.07, 6.45) is 8.62. The second-order valence-corrected chi connectivity index (χ2v) is 6.26. The summed E-state index contributed by atoms with van der Waals surface area (Å²) < 4.78 is 1.40. The van der Waals surface area contributed by atoms with Gasteiger partial charge in [-0.25, -0.2) is 9.50 Å². The number of nitrogens with one attached hydrogen (secondary N) is 2. The number of carbonyl (C=O) groups excluding carboxylic acids is 3. The van der Waals surface area contributed by atoms with E-state index in [0.29, 0.717) is 41.0 Å². The number of hydrogen-bond donors (Lipinski definition) is 2. The predicted molar refractivity (Wildman–Crippen MR) is 115 cm³/mol. The van der Waals surface area contributed by atoms with Crippen LogP contribution < -0.4 is 15.5 Å². The molecule has 9 heteroatoms. The van der Waals surface area contributed by atoms with Gasteiger partial charge in [0.05, 0.1) is 17.6 Å². The first-order valence-electron chi connectivity index (χ1n) is 9.00. The Hall–Kier alpha value is -4.27. The summed E-state index contributed by atoms with van der Waals surface area (Å²) in [7, 11) is 3.58. The molecule has 0 aliphatic carbocycles. The molecule has 2 heterocycles. The predicted octanol–water partition coefficient (Wildman–Crippen LogP) is 2.54. The van der Waals surface area contributed by atoms with Crippen molar-refractivity contribution < 1.29 is 14.4 Å². The van der Waals surface area contributed by atoms with Crippen LogP contribution in [0.1, 0.15) is 20.8 Å². The fourth-order valence-corrected chi connectivity index (χ4v) is 2.72. The minimum atomic E-state index is 0.276. The van der Waals surface area contributed by atoms with Gasteiger partial charge in [-0.2, -0.15) is 0 Å². The number of hydrogen-bond acceptors (Lipinski definition) is 8. The first-order valence-corrected chi connectivity index (χ1v) is 9.00. The Morgan fingerprint density at radius 1 is 1.13 bits per heavy atom. The maximum atomic E-state index is 11.5. The van der Waals surface area contributed by atoms with Crippen LogP contribution in [0.15, 0.2) is 60.6 Å². The maximum Gasteiger partial charge on any atom is 0.177 e. The van der Waals surface area contributed by atoms with E-state index in [1.807, 2.05) is 24.1 Å². The smallest absolute Gasteiger partial charge is 0.177 e. The van der Waals surface area contributed by atoms with Crippen molar-refractivity contribution in [2.24, 2.45) is 0 Å². The molecule has 0 spiro atoms. The number of benzene rings is 1. The quantitative estimate of drug-likeness (QED) is 0.318. The van der Waals surface area contributed by atoms with Crippen molar-refractivity contribution in [3.63, 3.8) is 0 Å². The van der Waals surface area contributed by atoms with Gasteiger partial charge in [-0.3, -0.25) is 14.4 Å². The largest absolute Gasteiger partial charge is 0.385 e. The van der Waals surface area contributed by atoms with Gasteiger partial charge in [0.1, 0.15) is 12.0 Å². The lowest BCUT2D eigenvalue weighted by molar-refractivity contribution is -0.104. The molecule has 2 N–H and O–H groups in total. The van der Waals surface area contributed by atoms with Crippen LogP contribution in [0.5, 0.6) is 0 Å². The van der Waals surface area contributed by atoms with E-state index >= 15 is 0 Å². The molecule has 152 valence electrons. The van der Waals surface area contributed by atoms with Crippen molar-refractivity contribution in [2.45, 2.75) is 0 Å². The highest BCUT2D eigenvalue weighted by Crippen LogP contribution is 2.20. The molecule has 2 aromatic heterocycles. The summed E-state index contributed by atoms with van der Waals surface area (Å²) in [5, 5.41) is 10.2. The lowest BCUT2D eigenvalue weighted by Gasteiger charge is -2.13. The molecule has 0 amide bonds. The number of imidazole rings is 1. The van der Waals surface area contributed by atoms with Crippen LogP contribution in [0.2, 0.25) is 0 Å². The zero-order valence-electron chi connectivity index (χ0n) is 16.4. The second kappa shape index (κ2) is 9.28. The van der Waals surface area contributed by atoms with Crippen LogP contribution in [0.25, 0.3) is 5.65 Å². The molecule has 9 nitrogen and oxygen atoms in total. The summed E-state index contributed by atoms with van der Waals surface area (Å²) in [6, 6.07) is 8.80. The normalized spacial score (nSPS) is 11.5. The molecule has 0 aliphatic heterocycles. The van der Waals surface area contributed by atoms with E-state index < -0.39 is 0 Å². The minimum Gasteiger partial charge on any atom is -0.385 e. The second-order valence-electron chi connectivity index (χ2n) is 6.26. The molecular formula is C21H20N6O3. The lowest BCUT2D eigenvalue weighted by atomic mass is 10.2. The zero-order valence-corrected chi connectivity index (χ0v) is 16.4. The van der Waals surface area contributed by atoms with Gasteiger partial charge in [-0.1, -0.05) is 0 Å². The van der Waals surface area contributed by atoms with Crippen molar-refractivity contribution >= 4 is 41.7 Å². The topological polar surface area (TPSA) is 109 Å². The fraction of sp³-hybridized carbons (Fsp3) is 0.0952. The fourth-order valence-electron chi connectivity index (χ4n) is 2.72. The number of anilines is 3. The molecule has 3 rings (SSSR count). The average molecular weight is 404 g/mol. The SMILES string of the molecule is CNc1cc(N/C(C=O)=C/C=C\N(C)c2ccc(C=O)cc2)nn2c(C=O)cnc12. The molecule has 1 aromatic carbocycles. The Morgan fingerprint density at radius 3 is 2.53 bits per heavy atom. The Kier molecular flexibility index (Phi) is 6.33. The molecular weight excluding hydrogens is 384 g/mol. The lowest BCUT2D eigenvalue weighted by Crippen LogP contribution is -2.09. The Balaban J connectivity index is 1.79. The average Bonchev–Trinajstić information content (AvgIpc) is 3.20. The number of aldehydes is 3. The van der Waals surface area contributed by atoms with Gasteiger partial charge in [0.25, 0.3) is 0 Å². The van der Waals surface area contributed by atoms with Gasteiger partial charge in [0, 0.05) is 37.6 Å². The number of nitrogens with zero attached hydrogens (tertiary/aromatic N) is 4. The molecule has 30 heavy (non-hydrogen) atoms. The summed E-state index contributed by atoms with van der Waals surface area (Å²) >= 11 is 0. The third kappa shape index (κ3) is 4.41. The number of fused-ring (bicyclic) bond motifs is 1. The Morgan fingerprint density at radius 2 is 1.90 bits per heavy atom. The van der Waals surface area contributed by atoms with E-state index in [-0.39, 0.29) is 5.70 Å². The number of rotatable bonds is 9. The van der Waals surface area contributed by atoms with E-state index in [0.717, 1.165) is 12.0 Å². The summed E-state index contributed by atoms with van der Waals surface area (Å²) in [6.45, 7) is 0. The molecule has 3 aromatic rings. The van der Waals surface area contributed by atoms with Crippen LogP contribution in [0, 0.1) is 0 Å². The number of allylic oxidation sites excluding steroid dienone is 3. The maximum absolute atomic E-state index is 11.5. The van der Waals surface area contributed by atoms with Crippen LogP contribution in [-0.4, -0.2) is 47.6 Å². The highest BCUT2D eigenvalue weighted by atomic mass is 16.1. The van der Waals surface area contributed by atoms with Crippen LogP contribution in [-0.2, 0) is 4.79 Å². The van der Waals surface area contributed by atoms with Crippen molar-refractivity contribution in [3.05, 3.63) is 71.8 Å². The highest BCUT2D eigenvalue weighted by Gasteiger charge is 2.10. The van der Waals surface area contributed by atoms with Crippen LogP contribution in [0.4, 0.5) is 17.2 Å². The number of carbonyl (C=O) groups is 3. The van der Waals surface area contributed by atoms with Crippen molar-refractivity contribution in [1.29, 1.82) is 0 Å². The first kappa shape index (κ1) is 20.5. The highest BCUT2D eigenvalue weighted by molar-refractivity contribution is 5.82.